The van der Waals surface area contributed by atoms with Crippen LogP contribution in [0.2, 0.25) is 0 Å². The van der Waals surface area contributed by atoms with Crippen molar-refractivity contribution in [1.29, 1.82) is 5.26 Å². The summed E-state index contributed by atoms with van der Waals surface area (Å²) in [4.78, 5) is 15.3. The summed E-state index contributed by atoms with van der Waals surface area (Å²) in [6.07, 6.45) is 1.87. The number of carbonyl (C=O) groups excluding carboxylic acids is 1. The van der Waals surface area contributed by atoms with Gasteiger partial charge < -0.3 is 9.80 Å². The van der Waals surface area contributed by atoms with E-state index < -0.39 is 0 Å². The second kappa shape index (κ2) is 5.65. The number of anilines is 1. The first-order chi connectivity index (χ1) is 8.74. The molecule has 4 nitrogen and oxygen atoms in total. The highest BCUT2D eigenvalue weighted by atomic mass is 16.1. The summed E-state index contributed by atoms with van der Waals surface area (Å²) in [5.74, 6) is 0. The second-order valence-corrected chi connectivity index (χ2v) is 4.65. The molecule has 0 atom stereocenters. The average molecular weight is 243 g/mol. The molecule has 4 heteroatoms. The highest BCUT2D eigenvalue weighted by Gasteiger charge is 2.15. The van der Waals surface area contributed by atoms with E-state index in [1.165, 1.54) is 0 Å². The number of nitriles is 1. The van der Waals surface area contributed by atoms with Gasteiger partial charge in [0.1, 0.15) is 12.4 Å². The molecule has 1 fully saturated rings. The summed E-state index contributed by atoms with van der Waals surface area (Å²) < 4.78 is 0. The zero-order valence-electron chi connectivity index (χ0n) is 10.6. The molecular weight excluding hydrogens is 226 g/mol. The molecule has 0 N–H and O–H groups in total. The molecule has 1 saturated heterocycles. The van der Waals surface area contributed by atoms with Crippen LogP contribution in [0.25, 0.3) is 0 Å². The number of rotatable bonds is 2. The molecule has 1 aliphatic rings. The second-order valence-electron chi connectivity index (χ2n) is 4.65. The summed E-state index contributed by atoms with van der Waals surface area (Å²) in [6, 6.07) is 7.51. The highest BCUT2D eigenvalue weighted by Crippen LogP contribution is 2.22. The lowest BCUT2D eigenvalue weighted by molar-refractivity contribution is 0.112. The number of hydrogen-bond acceptors (Lipinski definition) is 4. The molecule has 0 bridgehead atoms. The largest absolute Gasteiger partial charge is 0.369 e. The third-order valence-corrected chi connectivity index (χ3v) is 3.34. The minimum absolute atomic E-state index is 0.558. The fourth-order valence-electron chi connectivity index (χ4n) is 2.28. The topological polar surface area (TPSA) is 47.3 Å². The third-order valence-electron chi connectivity index (χ3n) is 3.34. The number of aldehydes is 1. The Balaban J connectivity index is 2.27. The van der Waals surface area contributed by atoms with Gasteiger partial charge in [-0.25, -0.2) is 0 Å². The van der Waals surface area contributed by atoms with E-state index in [1.54, 1.807) is 12.1 Å². The third kappa shape index (κ3) is 2.69. The fraction of sp³-hybridized carbons (Fsp3) is 0.429. The molecule has 0 aromatic heterocycles. The van der Waals surface area contributed by atoms with Gasteiger partial charge >= 0.3 is 0 Å². The lowest BCUT2D eigenvalue weighted by atomic mass is 10.1. The van der Waals surface area contributed by atoms with Crippen LogP contribution < -0.4 is 4.90 Å². The van der Waals surface area contributed by atoms with Crippen molar-refractivity contribution in [3.05, 3.63) is 29.3 Å². The molecule has 0 spiro atoms. The van der Waals surface area contributed by atoms with Gasteiger partial charge in [-0.15, -0.1) is 0 Å². The van der Waals surface area contributed by atoms with Crippen molar-refractivity contribution in [3.8, 4) is 6.07 Å². The Hall–Kier alpha value is -1.86. The molecule has 1 aromatic rings. The van der Waals surface area contributed by atoms with Gasteiger partial charge in [0.05, 0.1) is 11.3 Å². The summed E-state index contributed by atoms with van der Waals surface area (Å²) in [5, 5.41) is 9.19. The first kappa shape index (κ1) is 12.6. The number of hydrogen-bond donors (Lipinski definition) is 0. The van der Waals surface area contributed by atoms with E-state index in [-0.39, 0.29) is 0 Å². The Bertz CT molecular complexity index is 478. The van der Waals surface area contributed by atoms with Crippen molar-refractivity contribution in [1.82, 2.24) is 4.90 Å². The molecule has 0 aliphatic carbocycles. The number of carbonyl (C=O) groups is 1. The quantitative estimate of drug-likeness (QED) is 0.739. The van der Waals surface area contributed by atoms with Gasteiger partial charge in [0, 0.05) is 25.2 Å². The van der Waals surface area contributed by atoms with Crippen LogP contribution >= 0.6 is 0 Å². The van der Waals surface area contributed by atoms with Gasteiger partial charge in [-0.1, -0.05) is 0 Å². The van der Waals surface area contributed by atoms with Gasteiger partial charge in [0.2, 0.25) is 0 Å². The molecule has 1 aromatic carbocycles. The first-order valence-corrected chi connectivity index (χ1v) is 6.17. The SMILES string of the molecule is CN1CCCN(c2ccc(C=O)cc2C#N)CC1. The maximum absolute atomic E-state index is 10.7. The van der Waals surface area contributed by atoms with Crippen LogP contribution in [0.1, 0.15) is 22.3 Å². The Morgan fingerprint density at radius 3 is 2.83 bits per heavy atom. The number of likely N-dealkylation sites (N-methyl/N-ethyl adjacent to an activating group) is 1. The van der Waals surface area contributed by atoms with Gasteiger partial charge in [0.15, 0.2) is 0 Å². The van der Waals surface area contributed by atoms with Crippen molar-refractivity contribution in [2.75, 3.05) is 38.1 Å². The average Bonchev–Trinajstić information content (AvgIpc) is 2.62. The summed E-state index contributed by atoms with van der Waals surface area (Å²) >= 11 is 0. The predicted molar refractivity (Wildman–Crippen MR) is 70.9 cm³/mol. The lowest BCUT2D eigenvalue weighted by Gasteiger charge is -2.23. The van der Waals surface area contributed by atoms with Gasteiger partial charge in [-0.2, -0.15) is 5.26 Å². The number of benzene rings is 1. The van der Waals surface area contributed by atoms with Crippen molar-refractivity contribution in [2.24, 2.45) is 0 Å². The normalized spacial score (nSPS) is 17.0. The fourth-order valence-corrected chi connectivity index (χ4v) is 2.28. The highest BCUT2D eigenvalue weighted by molar-refractivity contribution is 5.78. The molecule has 0 radical (unpaired) electrons. The lowest BCUT2D eigenvalue weighted by Crippen LogP contribution is -2.29. The van der Waals surface area contributed by atoms with E-state index in [9.17, 15) is 10.1 Å². The van der Waals surface area contributed by atoms with Crippen LogP contribution in [0, 0.1) is 11.3 Å². The van der Waals surface area contributed by atoms with E-state index in [0.29, 0.717) is 11.1 Å². The van der Waals surface area contributed by atoms with E-state index in [0.717, 1.165) is 44.6 Å². The van der Waals surface area contributed by atoms with Crippen LogP contribution in [-0.2, 0) is 0 Å². The van der Waals surface area contributed by atoms with Crippen LogP contribution in [0.15, 0.2) is 18.2 Å². The molecule has 1 heterocycles. The molecule has 1 aliphatic heterocycles. The van der Waals surface area contributed by atoms with Gasteiger partial charge in [-0.3, -0.25) is 4.79 Å². The molecule has 2 rings (SSSR count). The molecule has 18 heavy (non-hydrogen) atoms. The van der Waals surface area contributed by atoms with E-state index in [1.807, 2.05) is 6.07 Å². The predicted octanol–water partition coefficient (Wildman–Crippen LogP) is 1.51. The van der Waals surface area contributed by atoms with E-state index >= 15 is 0 Å². The van der Waals surface area contributed by atoms with Crippen molar-refractivity contribution in [2.45, 2.75) is 6.42 Å². The minimum Gasteiger partial charge on any atom is -0.369 e. The smallest absolute Gasteiger partial charge is 0.150 e. The molecule has 0 saturated carbocycles. The minimum atomic E-state index is 0.558. The number of nitrogens with zero attached hydrogens (tertiary/aromatic N) is 3. The summed E-state index contributed by atoms with van der Waals surface area (Å²) in [7, 11) is 2.12. The van der Waals surface area contributed by atoms with E-state index in [2.05, 4.69) is 22.9 Å². The van der Waals surface area contributed by atoms with Crippen LogP contribution in [0.5, 0.6) is 0 Å². The van der Waals surface area contributed by atoms with Crippen LogP contribution in [0.4, 0.5) is 5.69 Å². The van der Waals surface area contributed by atoms with Crippen molar-refractivity contribution < 1.29 is 4.79 Å². The van der Waals surface area contributed by atoms with Crippen molar-refractivity contribution in [3.63, 3.8) is 0 Å². The van der Waals surface area contributed by atoms with Gasteiger partial charge in [-0.05, 0) is 38.2 Å². The Morgan fingerprint density at radius 2 is 2.11 bits per heavy atom. The molecule has 94 valence electrons. The Kier molecular flexibility index (Phi) is 3.96. The molecule has 0 amide bonds. The van der Waals surface area contributed by atoms with Crippen LogP contribution in [0.3, 0.4) is 0 Å². The molecule has 0 unspecified atom stereocenters. The van der Waals surface area contributed by atoms with Crippen LogP contribution in [-0.4, -0.2) is 44.4 Å². The monoisotopic (exact) mass is 243 g/mol. The first-order valence-electron chi connectivity index (χ1n) is 6.17. The molecular formula is C14H17N3O. The maximum Gasteiger partial charge on any atom is 0.150 e. The summed E-state index contributed by atoms with van der Waals surface area (Å²) in [5.41, 5.74) is 2.09. The summed E-state index contributed by atoms with van der Waals surface area (Å²) in [6.45, 7) is 3.97. The van der Waals surface area contributed by atoms with Gasteiger partial charge in [0.25, 0.3) is 0 Å². The Labute approximate surface area is 107 Å². The zero-order chi connectivity index (χ0) is 13.0. The van der Waals surface area contributed by atoms with E-state index in [4.69, 9.17) is 0 Å². The zero-order valence-corrected chi connectivity index (χ0v) is 10.6. The van der Waals surface area contributed by atoms with Crippen molar-refractivity contribution >= 4 is 12.0 Å². The standard InChI is InChI=1S/C14H17N3O/c1-16-5-2-6-17(8-7-16)14-4-3-12(11-18)9-13(14)10-15/h3-4,9,11H,2,5-8H2,1H3. The maximum atomic E-state index is 10.7. The Morgan fingerprint density at radius 1 is 1.28 bits per heavy atom.